The number of carbonyl (C=O) groups is 1. The number of benzene rings is 1. The van der Waals surface area contributed by atoms with E-state index in [1.807, 2.05) is 6.92 Å². The molecule has 0 radical (unpaired) electrons. The first kappa shape index (κ1) is 14.9. The van der Waals surface area contributed by atoms with Gasteiger partial charge < -0.3 is 10.6 Å². The van der Waals surface area contributed by atoms with Crippen LogP contribution in [-0.4, -0.2) is 19.0 Å². The van der Waals surface area contributed by atoms with E-state index in [0.717, 1.165) is 44.8 Å². The summed E-state index contributed by atoms with van der Waals surface area (Å²) in [6.07, 6.45) is 3.10. The van der Waals surface area contributed by atoms with Crippen molar-refractivity contribution < 1.29 is 13.6 Å². The number of rotatable bonds is 4. The first-order valence-corrected chi connectivity index (χ1v) is 7.05. The summed E-state index contributed by atoms with van der Waals surface area (Å²) >= 11 is 0. The number of hydrogen-bond donors (Lipinski definition) is 2. The molecule has 3 nitrogen and oxygen atoms in total. The van der Waals surface area contributed by atoms with E-state index in [2.05, 4.69) is 10.6 Å². The molecule has 1 aromatic carbocycles. The molecule has 2 rings (SSSR count). The van der Waals surface area contributed by atoms with Crippen LogP contribution >= 0.6 is 0 Å². The first-order valence-electron chi connectivity index (χ1n) is 7.05. The molecule has 0 aliphatic carbocycles. The third-order valence-corrected chi connectivity index (χ3v) is 3.97. The molecule has 1 aliphatic heterocycles. The zero-order valence-electron chi connectivity index (χ0n) is 11.6. The molecule has 1 heterocycles. The topological polar surface area (TPSA) is 41.1 Å². The minimum Gasteiger partial charge on any atom is -0.323 e. The lowest BCUT2D eigenvalue weighted by Gasteiger charge is -2.36. The van der Waals surface area contributed by atoms with Crippen molar-refractivity contribution in [3.05, 3.63) is 29.8 Å². The minimum absolute atomic E-state index is 0.0796. The number of hydrogen-bond acceptors (Lipinski definition) is 2. The van der Waals surface area contributed by atoms with Crippen molar-refractivity contribution in [3.8, 4) is 0 Å². The van der Waals surface area contributed by atoms with Crippen molar-refractivity contribution in [1.82, 2.24) is 5.32 Å². The number of nitrogens with one attached hydrogen (secondary N) is 2. The molecule has 110 valence electrons. The van der Waals surface area contributed by atoms with Gasteiger partial charge in [0.25, 0.3) is 0 Å². The van der Waals surface area contributed by atoms with Gasteiger partial charge in [0.15, 0.2) is 11.6 Å². The molecule has 0 atom stereocenters. The second-order valence-electron chi connectivity index (χ2n) is 5.34. The summed E-state index contributed by atoms with van der Waals surface area (Å²) in [6, 6.07) is 3.82. The second kappa shape index (κ2) is 6.31. The summed E-state index contributed by atoms with van der Waals surface area (Å²) in [5.74, 6) is -2.15. The number of piperidine rings is 1. The van der Waals surface area contributed by atoms with Gasteiger partial charge in [0.05, 0.1) is 11.1 Å². The monoisotopic (exact) mass is 282 g/mol. The predicted octanol–water partition coefficient (Wildman–Crippen LogP) is 3.07. The normalized spacial score (nSPS) is 17.8. The van der Waals surface area contributed by atoms with Gasteiger partial charge >= 0.3 is 0 Å². The Balaban J connectivity index is 2.18. The number of anilines is 1. The molecule has 0 spiro atoms. The van der Waals surface area contributed by atoms with Crippen LogP contribution in [0.4, 0.5) is 14.5 Å². The van der Waals surface area contributed by atoms with Crippen LogP contribution in [0.15, 0.2) is 18.2 Å². The Morgan fingerprint density at radius 1 is 1.35 bits per heavy atom. The summed E-state index contributed by atoms with van der Waals surface area (Å²) in [5, 5.41) is 5.79. The van der Waals surface area contributed by atoms with Crippen molar-refractivity contribution in [2.24, 2.45) is 5.41 Å². The van der Waals surface area contributed by atoms with Gasteiger partial charge in [-0.05, 0) is 44.5 Å². The summed E-state index contributed by atoms with van der Waals surface area (Å²) in [4.78, 5) is 12.5. The number of carbonyl (C=O) groups excluding carboxylic acids is 1. The highest BCUT2D eigenvalue weighted by atomic mass is 19.2. The lowest BCUT2D eigenvalue weighted by Crippen LogP contribution is -2.45. The van der Waals surface area contributed by atoms with E-state index >= 15 is 0 Å². The Morgan fingerprint density at radius 3 is 2.70 bits per heavy atom. The van der Waals surface area contributed by atoms with Crippen LogP contribution in [0.2, 0.25) is 0 Å². The van der Waals surface area contributed by atoms with E-state index in [1.54, 1.807) is 0 Å². The summed E-state index contributed by atoms with van der Waals surface area (Å²) in [6.45, 7) is 3.58. The van der Waals surface area contributed by atoms with Crippen molar-refractivity contribution in [2.45, 2.75) is 32.6 Å². The molecule has 0 saturated carbocycles. The van der Waals surface area contributed by atoms with Crippen LogP contribution in [0.5, 0.6) is 0 Å². The first-order chi connectivity index (χ1) is 9.59. The molecule has 1 amide bonds. The van der Waals surface area contributed by atoms with Gasteiger partial charge in [0, 0.05) is 0 Å². The van der Waals surface area contributed by atoms with Crippen LogP contribution in [0.3, 0.4) is 0 Å². The van der Waals surface area contributed by atoms with Gasteiger partial charge in [-0.3, -0.25) is 4.79 Å². The van der Waals surface area contributed by atoms with Crippen molar-refractivity contribution in [2.75, 3.05) is 18.4 Å². The van der Waals surface area contributed by atoms with Crippen molar-refractivity contribution >= 4 is 11.6 Å². The molecule has 20 heavy (non-hydrogen) atoms. The smallest absolute Gasteiger partial charge is 0.230 e. The second-order valence-corrected chi connectivity index (χ2v) is 5.34. The Kier molecular flexibility index (Phi) is 4.70. The predicted molar refractivity (Wildman–Crippen MR) is 74.4 cm³/mol. The Morgan fingerprint density at radius 2 is 2.05 bits per heavy atom. The number of amides is 1. The Bertz CT molecular complexity index is 479. The van der Waals surface area contributed by atoms with Gasteiger partial charge in [-0.25, -0.2) is 8.78 Å². The molecule has 2 N–H and O–H groups in total. The zero-order chi connectivity index (χ0) is 14.6. The lowest BCUT2D eigenvalue weighted by molar-refractivity contribution is -0.127. The van der Waals surface area contributed by atoms with Gasteiger partial charge in [0.2, 0.25) is 5.91 Å². The molecular weight excluding hydrogens is 262 g/mol. The van der Waals surface area contributed by atoms with Crippen LogP contribution in [0.25, 0.3) is 0 Å². The average Bonchev–Trinajstić information content (AvgIpc) is 2.45. The Labute approximate surface area is 117 Å². The summed E-state index contributed by atoms with van der Waals surface area (Å²) < 4.78 is 26.8. The van der Waals surface area contributed by atoms with E-state index in [0.29, 0.717) is 0 Å². The molecule has 0 aromatic heterocycles. The molecule has 0 unspecified atom stereocenters. The molecule has 0 bridgehead atoms. The fourth-order valence-corrected chi connectivity index (χ4v) is 2.83. The van der Waals surface area contributed by atoms with Gasteiger partial charge in [0.1, 0.15) is 0 Å². The van der Waals surface area contributed by atoms with E-state index in [9.17, 15) is 13.6 Å². The minimum atomic E-state index is -0.999. The molecule has 1 aromatic rings. The molecule has 1 saturated heterocycles. The highest BCUT2D eigenvalue weighted by Crippen LogP contribution is 2.35. The van der Waals surface area contributed by atoms with Crippen LogP contribution in [0.1, 0.15) is 32.6 Å². The van der Waals surface area contributed by atoms with E-state index in [-0.39, 0.29) is 11.6 Å². The molecular formula is C15H20F2N2O. The fraction of sp³-hybridized carbons (Fsp3) is 0.533. The van der Waals surface area contributed by atoms with Crippen LogP contribution < -0.4 is 10.6 Å². The van der Waals surface area contributed by atoms with Gasteiger partial charge in [-0.2, -0.15) is 0 Å². The molecule has 5 heteroatoms. The SMILES string of the molecule is CCCC1(C(=O)Nc2cccc(F)c2F)CCNCC1. The highest BCUT2D eigenvalue weighted by Gasteiger charge is 2.38. The van der Waals surface area contributed by atoms with E-state index in [1.165, 1.54) is 12.1 Å². The Hall–Kier alpha value is -1.49. The van der Waals surface area contributed by atoms with Gasteiger partial charge in [-0.15, -0.1) is 0 Å². The largest absolute Gasteiger partial charge is 0.323 e. The van der Waals surface area contributed by atoms with Crippen LogP contribution in [-0.2, 0) is 4.79 Å². The molecule has 1 fully saturated rings. The zero-order valence-corrected chi connectivity index (χ0v) is 11.6. The molecule has 1 aliphatic rings. The maximum absolute atomic E-state index is 13.6. The summed E-state index contributed by atoms with van der Waals surface area (Å²) in [5.41, 5.74) is -0.553. The lowest BCUT2D eigenvalue weighted by atomic mass is 9.74. The van der Waals surface area contributed by atoms with Crippen molar-refractivity contribution in [1.29, 1.82) is 0 Å². The van der Waals surface area contributed by atoms with Crippen molar-refractivity contribution in [3.63, 3.8) is 0 Å². The highest BCUT2D eigenvalue weighted by molar-refractivity contribution is 5.95. The number of halogens is 2. The standard InChI is InChI=1S/C15H20F2N2O/c1-2-6-15(7-9-18-10-8-15)14(20)19-12-5-3-4-11(16)13(12)17/h3-5,18H,2,6-10H2,1H3,(H,19,20). The maximum Gasteiger partial charge on any atom is 0.230 e. The average molecular weight is 282 g/mol. The third kappa shape index (κ3) is 2.98. The third-order valence-electron chi connectivity index (χ3n) is 3.97. The summed E-state index contributed by atoms with van der Waals surface area (Å²) in [7, 11) is 0. The fourth-order valence-electron chi connectivity index (χ4n) is 2.83. The van der Waals surface area contributed by atoms with E-state index in [4.69, 9.17) is 0 Å². The van der Waals surface area contributed by atoms with E-state index < -0.39 is 17.0 Å². The maximum atomic E-state index is 13.6. The van der Waals surface area contributed by atoms with Gasteiger partial charge in [-0.1, -0.05) is 19.4 Å². The quantitative estimate of drug-likeness (QED) is 0.891. The van der Waals surface area contributed by atoms with Crippen LogP contribution in [0, 0.1) is 17.0 Å².